The van der Waals surface area contributed by atoms with Crippen LogP contribution in [0.4, 0.5) is 5.69 Å². The standard InChI is InChI=1S/C10H8N2OS/c13-7-12-9-4-8(5-11-6-9)10-2-1-3-14-10/h1-7H,(H,12,13). The highest BCUT2D eigenvalue weighted by Gasteiger charge is 1.99. The van der Waals surface area contributed by atoms with Gasteiger partial charge in [-0.1, -0.05) is 6.07 Å². The Morgan fingerprint density at radius 3 is 3.07 bits per heavy atom. The number of rotatable bonds is 3. The summed E-state index contributed by atoms with van der Waals surface area (Å²) in [5.41, 5.74) is 1.73. The molecule has 0 saturated carbocycles. The molecule has 2 heterocycles. The van der Waals surface area contributed by atoms with Gasteiger partial charge in [0, 0.05) is 16.6 Å². The van der Waals surface area contributed by atoms with Gasteiger partial charge in [0.05, 0.1) is 11.9 Å². The molecule has 0 fully saturated rings. The molecule has 14 heavy (non-hydrogen) atoms. The monoisotopic (exact) mass is 204 g/mol. The number of thiophene rings is 1. The summed E-state index contributed by atoms with van der Waals surface area (Å²) in [4.78, 5) is 15.4. The van der Waals surface area contributed by atoms with Crippen molar-refractivity contribution in [2.75, 3.05) is 5.32 Å². The lowest BCUT2D eigenvalue weighted by molar-refractivity contribution is -0.105. The lowest BCUT2D eigenvalue weighted by atomic mass is 10.2. The van der Waals surface area contributed by atoms with E-state index in [1.165, 1.54) is 0 Å². The number of nitrogens with zero attached hydrogens (tertiary/aromatic N) is 1. The summed E-state index contributed by atoms with van der Waals surface area (Å²) in [6.07, 6.45) is 4.04. The SMILES string of the molecule is O=CNc1cncc(-c2cccs2)c1. The normalized spacial score (nSPS) is 9.71. The maximum atomic E-state index is 10.2. The van der Waals surface area contributed by atoms with E-state index in [1.54, 1.807) is 23.7 Å². The number of pyridine rings is 1. The van der Waals surface area contributed by atoms with Crippen molar-refractivity contribution < 1.29 is 4.79 Å². The van der Waals surface area contributed by atoms with Crippen molar-refractivity contribution in [2.24, 2.45) is 0 Å². The van der Waals surface area contributed by atoms with Gasteiger partial charge in [-0.3, -0.25) is 9.78 Å². The van der Waals surface area contributed by atoms with Gasteiger partial charge in [-0.15, -0.1) is 11.3 Å². The summed E-state index contributed by atoms with van der Waals surface area (Å²) in [7, 11) is 0. The Bertz CT molecular complexity index is 425. The first-order valence-electron chi connectivity index (χ1n) is 4.09. The lowest BCUT2D eigenvalue weighted by Gasteiger charge is -2.00. The van der Waals surface area contributed by atoms with Crippen molar-refractivity contribution in [1.82, 2.24) is 4.98 Å². The van der Waals surface area contributed by atoms with Gasteiger partial charge in [-0.2, -0.15) is 0 Å². The second kappa shape index (κ2) is 4.02. The second-order valence-corrected chi connectivity index (χ2v) is 3.65. The third-order valence-corrected chi connectivity index (χ3v) is 2.69. The Morgan fingerprint density at radius 2 is 2.36 bits per heavy atom. The van der Waals surface area contributed by atoms with E-state index in [2.05, 4.69) is 10.3 Å². The van der Waals surface area contributed by atoms with E-state index in [9.17, 15) is 4.79 Å². The van der Waals surface area contributed by atoms with Crippen molar-refractivity contribution in [2.45, 2.75) is 0 Å². The zero-order valence-electron chi connectivity index (χ0n) is 7.31. The van der Waals surface area contributed by atoms with Crippen LogP contribution in [0.2, 0.25) is 0 Å². The molecule has 4 heteroatoms. The minimum Gasteiger partial charge on any atom is -0.327 e. The first-order valence-corrected chi connectivity index (χ1v) is 4.97. The number of hydrogen-bond acceptors (Lipinski definition) is 3. The number of nitrogens with one attached hydrogen (secondary N) is 1. The van der Waals surface area contributed by atoms with E-state index < -0.39 is 0 Å². The Labute approximate surface area is 85.4 Å². The maximum Gasteiger partial charge on any atom is 0.211 e. The molecule has 0 unspecified atom stereocenters. The van der Waals surface area contributed by atoms with Crippen LogP contribution < -0.4 is 5.32 Å². The van der Waals surface area contributed by atoms with Crippen LogP contribution in [0.15, 0.2) is 36.0 Å². The molecule has 0 radical (unpaired) electrons. The van der Waals surface area contributed by atoms with Gasteiger partial charge in [-0.25, -0.2) is 0 Å². The molecule has 0 aliphatic rings. The quantitative estimate of drug-likeness (QED) is 0.780. The number of amides is 1. The Kier molecular flexibility index (Phi) is 2.55. The van der Waals surface area contributed by atoms with Gasteiger partial charge in [-0.05, 0) is 17.5 Å². The highest BCUT2D eigenvalue weighted by Crippen LogP contribution is 2.25. The molecule has 2 rings (SSSR count). The molecule has 70 valence electrons. The molecule has 2 aromatic heterocycles. The molecule has 0 aliphatic carbocycles. The number of hydrogen-bond donors (Lipinski definition) is 1. The highest BCUT2D eigenvalue weighted by molar-refractivity contribution is 7.13. The molecule has 3 nitrogen and oxygen atoms in total. The van der Waals surface area contributed by atoms with Crippen LogP contribution in [0, 0.1) is 0 Å². The summed E-state index contributed by atoms with van der Waals surface area (Å²) in [6, 6.07) is 5.90. The van der Waals surface area contributed by atoms with Crippen LogP contribution in [-0.4, -0.2) is 11.4 Å². The molecule has 0 saturated heterocycles. The molecule has 0 atom stereocenters. The number of aromatic nitrogens is 1. The van der Waals surface area contributed by atoms with Gasteiger partial charge in [0.15, 0.2) is 0 Å². The van der Waals surface area contributed by atoms with Crippen LogP contribution in [0.25, 0.3) is 10.4 Å². The summed E-state index contributed by atoms with van der Waals surface area (Å²) in [5, 5.41) is 4.58. The minimum atomic E-state index is 0.648. The van der Waals surface area contributed by atoms with E-state index in [-0.39, 0.29) is 0 Å². The van der Waals surface area contributed by atoms with Crippen molar-refractivity contribution >= 4 is 23.4 Å². The topological polar surface area (TPSA) is 42.0 Å². The third kappa shape index (κ3) is 1.80. The van der Waals surface area contributed by atoms with Crippen molar-refractivity contribution in [3.8, 4) is 10.4 Å². The smallest absolute Gasteiger partial charge is 0.211 e. The molecule has 1 amide bonds. The van der Waals surface area contributed by atoms with E-state index in [0.29, 0.717) is 12.1 Å². The Hall–Kier alpha value is -1.68. The molecule has 0 aliphatic heterocycles. The van der Waals surface area contributed by atoms with E-state index >= 15 is 0 Å². The fourth-order valence-electron chi connectivity index (χ4n) is 1.16. The van der Waals surface area contributed by atoms with Gasteiger partial charge in [0.25, 0.3) is 0 Å². The summed E-state index contributed by atoms with van der Waals surface area (Å²) in [5.74, 6) is 0. The van der Waals surface area contributed by atoms with Crippen LogP contribution in [-0.2, 0) is 4.79 Å². The second-order valence-electron chi connectivity index (χ2n) is 2.70. The highest BCUT2D eigenvalue weighted by atomic mass is 32.1. The first kappa shape index (κ1) is 8.90. The predicted octanol–water partition coefficient (Wildman–Crippen LogP) is 2.38. The van der Waals surface area contributed by atoms with Crippen LogP contribution in [0.1, 0.15) is 0 Å². The van der Waals surface area contributed by atoms with Gasteiger partial charge >= 0.3 is 0 Å². The molecule has 1 N–H and O–H groups in total. The van der Waals surface area contributed by atoms with E-state index in [1.807, 2.05) is 23.6 Å². The summed E-state index contributed by atoms with van der Waals surface area (Å²) >= 11 is 1.65. The van der Waals surface area contributed by atoms with Crippen LogP contribution >= 0.6 is 11.3 Å². The zero-order chi connectivity index (χ0) is 9.80. The fraction of sp³-hybridized carbons (Fsp3) is 0. The maximum absolute atomic E-state index is 10.2. The molecule has 0 aromatic carbocycles. The zero-order valence-corrected chi connectivity index (χ0v) is 8.12. The molecule has 2 aromatic rings. The molecular formula is C10H8N2OS. The molecule has 0 bridgehead atoms. The summed E-state index contributed by atoms with van der Waals surface area (Å²) < 4.78 is 0. The van der Waals surface area contributed by atoms with Gasteiger partial charge in [0.1, 0.15) is 0 Å². The van der Waals surface area contributed by atoms with E-state index in [4.69, 9.17) is 0 Å². The average Bonchev–Trinajstić information content (AvgIpc) is 2.71. The Morgan fingerprint density at radius 1 is 1.43 bits per heavy atom. The van der Waals surface area contributed by atoms with Crippen LogP contribution in [0.5, 0.6) is 0 Å². The van der Waals surface area contributed by atoms with Crippen molar-refractivity contribution in [3.05, 3.63) is 36.0 Å². The summed E-state index contributed by atoms with van der Waals surface area (Å²) in [6.45, 7) is 0. The van der Waals surface area contributed by atoms with Crippen molar-refractivity contribution in [3.63, 3.8) is 0 Å². The molecule has 0 spiro atoms. The number of anilines is 1. The number of carbonyl (C=O) groups is 1. The predicted molar refractivity (Wildman–Crippen MR) is 57.2 cm³/mol. The van der Waals surface area contributed by atoms with E-state index in [0.717, 1.165) is 10.4 Å². The third-order valence-electron chi connectivity index (χ3n) is 1.77. The van der Waals surface area contributed by atoms with Gasteiger partial charge in [0.2, 0.25) is 6.41 Å². The minimum absolute atomic E-state index is 0.648. The Balaban J connectivity index is 2.35. The molecular weight excluding hydrogens is 196 g/mol. The average molecular weight is 204 g/mol. The van der Waals surface area contributed by atoms with Crippen LogP contribution in [0.3, 0.4) is 0 Å². The fourth-order valence-corrected chi connectivity index (χ4v) is 1.87. The lowest BCUT2D eigenvalue weighted by Crippen LogP contribution is -1.94. The van der Waals surface area contributed by atoms with Gasteiger partial charge < -0.3 is 5.32 Å². The van der Waals surface area contributed by atoms with Crippen molar-refractivity contribution in [1.29, 1.82) is 0 Å². The first-order chi connectivity index (χ1) is 6.90. The number of carbonyl (C=O) groups excluding carboxylic acids is 1. The largest absolute Gasteiger partial charge is 0.327 e.